The third-order valence-corrected chi connectivity index (χ3v) is 4.27. The molecule has 25 heavy (non-hydrogen) atoms. The predicted octanol–water partition coefficient (Wildman–Crippen LogP) is 5.27. The molecule has 0 aromatic heterocycles. The van der Waals surface area contributed by atoms with Crippen LogP contribution < -0.4 is 4.74 Å². The predicted molar refractivity (Wildman–Crippen MR) is 94.9 cm³/mol. The molecule has 0 aliphatic heterocycles. The standard InChI is InChI=1S/C21H21FN2O/c1-14(2)20-6-5-19(11-17(20)12-23)25-9-8-15(3)16-4-7-21(22)18(10-16)13-24/h4-7,10-11,14-15H,8-9H2,1-3H3/t15-/m0/s1. The molecule has 0 bridgehead atoms. The topological polar surface area (TPSA) is 56.8 Å². The molecule has 0 radical (unpaired) electrons. The highest BCUT2D eigenvalue weighted by atomic mass is 19.1. The zero-order valence-electron chi connectivity index (χ0n) is 14.7. The van der Waals surface area contributed by atoms with Gasteiger partial charge in [0, 0.05) is 0 Å². The van der Waals surface area contributed by atoms with Crippen molar-refractivity contribution in [2.45, 2.75) is 39.0 Å². The van der Waals surface area contributed by atoms with Gasteiger partial charge in [-0.2, -0.15) is 10.5 Å². The van der Waals surface area contributed by atoms with Gasteiger partial charge < -0.3 is 4.74 Å². The molecule has 0 unspecified atom stereocenters. The summed E-state index contributed by atoms with van der Waals surface area (Å²) in [5.74, 6) is 0.601. The molecule has 0 saturated carbocycles. The molecule has 0 N–H and O–H groups in total. The van der Waals surface area contributed by atoms with Crippen LogP contribution in [0, 0.1) is 28.5 Å². The molecule has 4 heteroatoms. The molecule has 2 rings (SSSR count). The van der Waals surface area contributed by atoms with Gasteiger partial charge in [-0.25, -0.2) is 4.39 Å². The first-order valence-electron chi connectivity index (χ1n) is 8.32. The van der Waals surface area contributed by atoms with Gasteiger partial charge in [-0.3, -0.25) is 0 Å². The molecule has 2 aromatic rings. The van der Waals surface area contributed by atoms with E-state index in [4.69, 9.17) is 10.00 Å². The Bertz CT molecular complexity index is 831. The van der Waals surface area contributed by atoms with Gasteiger partial charge in [0.05, 0.1) is 23.8 Å². The lowest BCUT2D eigenvalue weighted by molar-refractivity contribution is 0.300. The minimum atomic E-state index is -0.496. The van der Waals surface area contributed by atoms with Crippen LogP contribution in [0.25, 0.3) is 0 Å². The molecule has 128 valence electrons. The Morgan fingerprint density at radius 1 is 1.00 bits per heavy atom. The first-order valence-corrected chi connectivity index (χ1v) is 8.32. The molecule has 0 saturated heterocycles. The number of hydrogen-bond acceptors (Lipinski definition) is 3. The van der Waals surface area contributed by atoms with Gasteiger partial charge in [0.15, 0.2) is 0 Å². The van der Waals surface area contributed by atoms with Gasteiger partial charge in [0.1, 0.15) is 17.6 Å². The maximum Gasteiger partial charge on any atom is 0.140 e. The zero-order valence-corrected chi connectivity index (χ0v) is 14.7. The maximum absolute atomic E-state index is 13.4. The highest BCUT2D eigenvalue weighted by Crippen LogP contribution is 2.25. The molecule has 3 nitrogen and oxygen atoms in total. The molecule has 0 fully saturated rings. The van der Waals surface area contributed by atoms with Crippen LogP contribution in [0.15, 0.2) is 36.4 Å². The zero-order chi connectivity index (χ0) is 18.4. The number of rotatable bonds is 6. The summed E-state index contributed by atoms with van der Waals surface area (Å²) in [5.41, 5.74) is 2.62. The maximum atomic E-state index is 13.4. The highest BCUT2D eigenvalue weighted by Gasteiger charge is 2.11. The second kappa shape index (κ2) is 8.31. The van der Waals surface area contributed by atoms with Gasteiger partial charge in [0.25, 0.3) is 0 Å². The third kappa shape index (κ3) is 4.58. The number of hydrogen-bond donors (Lipinski definition) is 0. The molecule has 0 heterocycles. The minimum Gasteiger partial charge on any atom is -0.494 e. The summed E-state index contributed by atoms with van der Waals surface area (Å²) < 4.78 is 19.2. The van der Waals surface area contributed by atoms with Gasteiger partial charge >= 0.3 is 0 Å². The van der Waals surface area contributed by atoms with E-state index in [2.05, 4.69) is 19.9 Å². The second-order valence-corrected chi connectivity index (χ2v) is 6.40. The Kier molecular flexibility index (Phi) is 6.14. The van der Waals surface area contributed by atoms with E-state index < -0.39 is 5.82 Å². The van der Waals surface area contributed by atoms with Crippen LogP contribution in [0.1, 0.15) is 61.3 Å². The molecule has 0 spiro atoms. The van der Waals surface area contributed by atoms with Crippen LogP contribution in [0.3, 0.4) is 0 Å². The molecular weight excluding hydrogens is 315 g/mol. The van der Waals surface area contributed by atoms with E-state index >= 15 is 0 Å². The molecule has 2 aromatic carbocycles. The Balaban J connectivity index is 1.99. The monoisotopic (exact) mass is 336 g/mol. The van der Waals surface area contributed by atoms with E-state index in [1.54, 1.807) is 18.2 Å². The summed E-state index contributed by atoms with van der Waals surface area (Å²) in [7, 11) is 0. The number of benzene rings is 2. The van der Waals surface area contributed by atoms with E-state index in [-0.39, 0.29) is 17.4 Å². The summed E-state index contributed by atoms with van der Waals surface area (Å²) in [6, 6.07) is 14.3. The Morgan fingerprint density at radius 3 is 2.36 bits per heavy atom. The first kappa shape index (κ1) is 18.5. The highest BCUT2D eigenvalue weighted by molar-refractivity contribution is 5.44. The molecule has 0 amide bonds. The minimum absolute atomic E-state index is 0.0632. The van der Waals surface area contributed by atoms with Crippen LogP contribution in [0.5, 0.6) is 5.75 Å². The number of halogens is 1. The van der Waals surface area contributed by atoms with E-state index in [9.17, 15) is 9.65 Å². The summed E-state index contributed by atoms with van der Waals surface area (Å²) in [6.45, 7) is 6.60. The van der Waals surface area contributed by atoms with Crippen LogP contribution in [-0.2, 0) is 0 Å². The lowest BCUT2D eigenvalue weighted by Gasteiger charge is -2.14. The molecule has 0 aliphatic carbocycles. The molecule has 0 aliphatic rings. The summed E-state index contributed by atoms with van der Waals surface area (Å²) in [6.07, 6.45) is 0.727. The number of nitriles is 2. The van der Waals surface area contributed by atoms with Crippen molar-refractivity contribution in [2.24, 2.45) is 0 Å². The van der Waals surface area contributed by atoms with Crippen LogP contribution in [0.4, 0.5) is 4.39 Å². The van der Waals surface area contributed by atoms with E-state index in [1.807, 2.05) is 25.1 Å². The first-order chi connectivity index (χ1) is 12.0. The van der Waals surface area contributed by atoms with Crippen molar-refractivity contribution in [1.82, 2.24) is 0 Å². The van der Waals surface area contributed by atoms with Crippen molar-refractivity contribution in [3.05, 3.63) is 64.5 Å². The SMILES string of the molecule is CC(C)c1ccc(OCC[C@H](C)c2ccc(F)c(C#N)c2)cc1C#N. The normalized spacial score (nSPS) is 11.6. The van der Waals surface area contributed by atoms with Crippen LogP contribution >= 0.6 is 0 Å². The van der Waals surface area contributed by atoms with Crippen molar-refractivity contribution in [3.63, 3.8) is 0 Å². The Morgan fingerprint density at radius 2 is 1.72 bits per heavy atom. The largest absolute Gasteiger partial charge is 0.494 e. The van der Waals surface area contributed by atoms with Crippen molar-refractivity contribution >= 4 is 0 Å². The summed E-state index contributed by atoms with van der Waals surface area (Å²) in [5, 5.41) is 18.2. The van der Waals surface area contributed by atoms with Crippen molar-refractivity contribution in [1.29, 1.82) is 10.5 Å². The fourth-order valence-corrected chi connectivity index (χ4v) is 2.68. The average Bonchev–Trinajstić information content (AvgIpc) is 2.61. The number of nitrogens with zero attached hydrogens (tertiary/aromatic N) is 2. The van der Waals surface area contributed by atoms with Gasteiger partial charge in [-0.15, -0.1) is 0 Å². The lowest BCUT2D eigenvalue weighted by Crippen LogP contribution is -2.04. The number of ether oxygens (including phenoxy) is 1. The van der Waals surface area contributed by atoms with Crippen LogP contribution in [-0.4, -0.2) is 6.61 Å². The van der Waals surface area contributed by atoms with E-state index in [0.717, 1.165) is 17.5 Å². The smallest absolute Gasteiger partial charge is 0.140 e. The Hall–Kier alpha value is -2.85. The van der Waals surface area contributed by atoms with Crippen molar-refractivity contribution in [3.8, 4) is 17.9 Å². The molecular formula is C21H21FN2O. The fourth-order valence-electron chi connectivity index (χ4n) is 2.68. The quantitative estimate of drug-likeness (QED) is 0.722. The van der Waals surface area contributed by atoms with Gasteiger partial charge in [0.2, 0.25) is 0 Å². The Labute approximate surface area is 148 Å². The van der Waals surface area contributed by atoms with Crippen LogP contribution in [0.2, 0.25) is 0 Å². The lowest BCUT2D eigenvalue weighted by atomic mass is 9.96. The van der Waals surface area contributed by atoms with Gasteiger partial charge in [-0.05, 0) is 53.6 Å². The summed E-state index contributed by atoms with van der Waals surface area (Å²) in [4.78, 5) is 0. The fraction of sp³-hybridized carbons (Fsp3) is 0.333. The molecule has 1 atom stereocenters. The summed E-state index contributed by atoms with van der Waals surface area (Å²) >= 11 is 0. The second-order valence-electron chi connectivity index (χ2n) is 6.40. The van der Waals surface area contributed by atoms with Crippen molar-refractivity contribution in [2.75, 3.05) is 6.61 Å². The van der Waals surface area contributed by atoms with E-state index in [1.165, 1.54) is 6.07 Å². The van der Waals surface area contributed by atoms with Crippen molar-refractivity contribution < 1.29 is 9.13 Å². The van der Waals surface area contributed by atoms with Gasteiger partial charge in [-0.1, -0.05) is 32.9 Å². The van der Waals surface area contributed by atoms with E-state index in [0.29, 0.717) is 17.9 Å². The average molecular weight is 336 g/mol. The third-order valence-electron chi connectivity index (χ3n) is 4.27.